The molecule has 0 saturated carbocycles. The van der Waals surface area contributed by atoms with E-state index in [4.69, 9.17) is 0 Å². The van der Waals surface area contributed by atoms with Crippen molar-refractivity contribution in [3.8, 4) is 17.2 Å². The Morgan fingerprint density at radius 2 is 1.71 bits per heavy atom. The van der Waals surface area contributed by atoms with Gasteiger partial charge < -0.3 is 14.8 Å². The molecule has 3 heterocycles. The van der Waals surface area contributed by atoms with Gasteiger partial charge in [0.1, 0.15) is 0 Å². The number of pyridine rings is 1. The average Bonchev–Trinajstić information content (AvgIpc) is 2.80. The van der Waals surface area contributed by atoms with Gasteiger partial charge in [-0.25, -0.2) is 4.79 Å². The van der Waals surface area contributed by atoms with Gasteiger partial charge in [-0.2, -0.15) is 5.26 Å². The monoisotopic (exact) mass is 410 g/mol. The van der Waals surface area contributed by atoms with Crippen LogP contribution < -0.4 is 10.9 Å². The maximum absolute atomic E-state index is 12.9. The number of carbonyl (C=O) groups excluding carboxylic acids is 1. The first kappa shape index (κ1) is 19.1. The molecule has 6 heteroatoms. The van der Waals surface area contributed by atoms with Gasteiger partial charge in [-0.05, 0) is 36.6 Å². The van der Waals surface area contributed by atoms with Crippen molar-refractivity contribution in [2.45, 2.75) is 18.9 Å². The summed E-state index contributed by atoms with van der Waals surface area (Å²) in [5.74, 6) is 0.275. The highest BCUT2D eigenvalue weighted by Crippen LogP contribution is 2.40. The number of nitriles is 1. The van der Waals surface area contributed by atoms with Crippen molar-refractivity contribution in [1.29, 1.82) is 5.26 Å². The molecule has 1 aromatic heterocycles. The van der Waals surface area contributed by atoms with Crippen molar-refractivity contribution in [3.63, 3.8) is 0 Å². The van der Waals surface area contributed by atoms with Crippen LogP contribution in [0.3, 0.4) is 0 Å². The van der Waals surface area contributed by atoms with Gasteiger partial charge in [0, 0.05) is 54.1 Å². The first-order chi connectivity index (χ1) is 15.1. The minimum absolute atomic E-state index is 0.0231. The van der Waals surface area contributed by atoms with E-state index >= 15 is 0 Å². The zero-order chi connectivity index (χ0) is 21.4. The average molecular weight is 410 g/mol. The van der Waals surface area contributed by atoms with Crippen LogP contribution >= 0.6 is 0 Å². The summed E-state index contributed by atoms with van der Waals surface area (Å²) in [5.41, 5.74) is 4.00. The van der Waals surface area contributed by atoms with E-state index in [1.54, 1.807) is 12.1 Å². The molecule has 2 amide bonds. The van der Waals surface area contributed by atoms with E-state index in [0.29, 0.717) is 25.2 Å². The zero-order valence-electron chi connectivity index (χ0n) is 17.0. The fourth-order valence-electron chi connectivity index (χ4n) is 4.95. The number of amides is 2. The molecule has 2 aliphatic heterocycles. The summed E-state index contributed by atoms with van der Waals surface area (Å²) in [4.78, 5) is 27.5. The normalized spacial score (nSPS) is 19.3. The van der Waals surface area contributed by atoms with E-state index in [-0.39, 0.29) is 23.4 Å². The highest BCUT2D eigenvalue weighted by atomic mass is 16.2. The third-order valence-corrected chi connectivity index (χ3v) is 6.24. The Labute approximate surface area is 180 Å². The molecule has 0 unspecified atom stereocenters. The third-order valence-electron chi connectivity index (χ3n) is 6.24. The van der Waals surface area contributed by atoms with Crippen molar-refractivity contribution in [3.05, 3.63) is 88.3 Å². The number of hydrogen-bond donors (Lipinski definition) is 1. The number of fused-ring (bicyclic) bond motifs is 4. The maximum Gasteiger partial charge on any atom is 0.321 e. The van der Waals surface area contributed by atoms with Crippen LogP contribution in [-0.4, -0.2) is 28.6 Å². The summed E-state index contributed by atoms with van der Waals surface area (Å²) in [5, 5.41) is 12.6. The standard InChI is InChI=1S/C25H22N4O2/c26-13-18-6-4-5-9-21(18)22-10-11-23(30)29-15-17-12-19(24(22)29)16-28(14-17)25(31)27-20-7-2-1-3-8-20/h1-11,17,19H,12,14-16H2,(H,27,31)/t17-,19+/m0/s1. The molecular formula is C25H22N4O2. The van der Waals surface area contributed by atoms with Gasteiger partial charge in [-0.1, -0.05) is 36.4 Å². The molecule has 31 heavy (non-hydrogen) atoms. The van der Waals surface area contributed by atoms with Gasteiger partial charge in [-0.3, -0.25) is 4.79 Å². The number of rotatable bonds is 2. The molecule has 0 aliphatic carbocycles. The Bertz CT molecular complexity index is 1240. The summed E-state index contributed by atoms with van der Waals surface area (Å²) < 4.78 is 1.86. The van der Waals surface area contributed by atoms with Crippen LogP contribution in [0.4, 0.5) is 10.5 Å². The summed E-state index contributed by atoms with van der Waals surface area (Å²) in [7, 11) is 0. The SMILES string of the molecule is N#Cc1ccccc1-c1ccc(=O)n2c1[C@@H]1C[C@@H](CN(C(=O)Nc3ccccc3)C1)C2. The number of carbonyl (C=O) groups is 1. The van der Waals surface area contributed by atoms with Crippen molar-refractivity contribution in [2.24, 2.45) is 5.92 Å². The number of urea groups is 1. The minimum atomic E-state index is -0.119. The lowest BCUT2D eigenvalue weighted by molar-refractivity contribution is 0.140. The predicted molar refractivity (Wildman–Crippen MR) is 119 cm³/mol. The summed E-state index contributed by atoms with van der Waals surface area (Å²) in [6.07, 6.45) is 0.931. The lowest BCUT2D eigenvalue weighted by atomic mass is 9.80. The molecule has 5 rings (SSSR count). The van der Waals surface area contributed by atoms with E-state index < -0.39 is 0 Å². The second-order valence-electron chi connectivity index (χ2n) is 8.24. The number of piperidine rings is 1. The predicted octanol–water partition coefficient (Wildman–Crippen LogP) is 4.04. The second-order valence-corrected chi connectivity index (χ2v) is 8.24. The largest absolute Gasteiger partial charge is 0.324 e. The summed E-state index contributed by atoms with van der Waals surface area (Å²) in [6.45, 7) is 1.75. The van der Waals surface area contributed by atoms with E-state index in [2.05, 4.69) is 11.4 Å². The van der Waals surface area contributed by atoms with Crippen molar-refractivity contribution >= 4 is 11.7 Å². The number of hydrogen-bond acceptors (Lipinski definition) is 3. The molecular weight excluding hydrogens is 388 g/mol. The minimum Gasteiger partial charge on any atom is -0.324 e. The highest BCUT2D eigenvalue weighted by molar-refractivity contribution is 5.89. The molecule has 1 N–H and O–H groups in total. The van der Waals surface area contributed by atoms with Crippen LogP contribution in [0.25, 0.3) is 11.1 Å². The summed E-state index contributed by atoms with van der Waals surface area (Å²) >= 11 is 0. The molecule has 2 bridgehead atoms. The van der Waals surface area contributed by atoms with E-state index in [0.717, 1.165) is 28.9 Å². The first-order valence-corrected chi connectivity index (χ1v) is 10.5. The van der Waals surface area contributed by atoms with Crippen molar-refractivity contribution in [2.75, 3.05) is 18.4 Å². The van der Waals surface area contributed by atoms with Crippen LogP contribution in [0.15, 0.2) is 71.5 Å². The Hall–Kier alpha value is -3.85. The second kappa shape index (κ2) is 7.77. The molecule has 2 aromatic carbocycles. The number of likely N-dealkylation sites (tertiary alicyclic amines) is 1. The third kappa shape index (κ3) is 3.49. The maximum atomic E-state index is 12.9. The number of para-hydroxylation sites is 1. The lowest BCUT2D eigenvalue weighted by Crippen LogP contribution is -2.50. The van der Waals surface area contributed by atoms with Crippen molar-refractivity contribution in [1.82, 2.24) is 9.47 Å². The highest BCUT2D eigenvalue weighted by Gasteiger charge is 2.38. The van der Waals surface area contributed by atoms with Crippen LogP contribution in [0.5, 0.6) is 0 Å². The molecule has 6 nitrogen and oxygen atoms in total. The fraction of sp³-hybridized carbons (Fsp3) is 0.240. The van der Waals surface area contributed by atoms with E-state index in [9.17, 15) is 14.9 Å². The molecule has 2 atom stereocenters. The molecule has 0 radical (unpaired) electrons. The number of aromatic nitrogens is 1. The van der Waals surface area contributed by atoms with Gasteiger partial charge in [0.2, 0.25) is 0 Å². The van der Waals surface area contributed by atoms with E-state index in [1.807, 2.05) is 64.1 Å². The van der Waals surface area contributed by atoms with Gasteiger partial charge in [0.05, 0.1) is 11.6 Å². The topological polar surface area (TPSA) is 78.1 Å². The van der Waals surface area contributed by atoms with Gasteiger partial charge >= 0.3 is 6.03 Å². The Balaban J connectivity index is 1.51. The molecule has 1 fully saturated rings. The molecule has 0 spiro atoms. The zero-order valence-corrected chi connectivity index (χ0v) is 17.0. The van der Waals surface area contributed by atoms with Crippen LogP contribution in [0.2, 0.25) is 0 Å². The Morgan fingerprint density at radius 3 is 2.52 bits per heavy atom. The Kier molecular flexibility index (Phi) is 4.79. The molecule has 2 aliphatic rings. The quantitative estimate of drug-likeness (QED) is 0.693. The van der Waals surface area contributed by atoms with Crippen LogP contribution in [-0.2, 0) is 6.54 Å². The van der Waals surface area contributed by atoms with Gasteiger partial charge in [-0.15, -0.1) is 0 Å². The van der Waals surface area contributed by atoms with Gasteiger partial charge in [0.15, 0.2) is 0 Å². The molecule has 154 valence electrons. The molecule has 3 aromatic rings. The lowest BCUT2D eigenvalue weighted by Gasteiger charge is -2.43. The smallest absolute Gasteiger partial charge is 0.321 e. The number of nitrogens with one attached hydrogen (secondary N) is 1. The Morgan fingerprint density at radius 1 is 0.935 bits per heavy atom. The van der Waals surface area contributed by atoms with Crippen LogP contribution in [0.1, 0.15) is 23.6 Å². The van der Waals surface area contributed by atoms with Gasteiger partial charge in [0.25, 0.3) is 5.56 Å². The number of anilines is 1. The van der Waals surface area contributed by atoms with E-state index in [1.165, 1.54) is 0 Å². The molecule has 1 saturated heterocycles. The number of nitrogens with zero attached hydrogens (tertiary/aromatic N) is 3. The first-order valence-electron chi connectivity index (χ1n) is 10.5. The summed E-state index contributed by atoms with van der Waals surface area (Å²) in [6, 6.07) is 22.5. The van der Waals surface area contributed by atoms with Crippen LogP contribution in [0, 0.1) is 17.2 Å². The van der Waals surface area contributed by atoms with Crippen molar-refractivity contribution < 1.29 is 4.79 Å². The fourth-order valence-corrected chi connectivity index (χ4v) is 4.95. The number of benzene rings is 2.